The molecule has 0 saturated heterocycles. The molecule has 6 heteroatoms. The summed E-state index contributed by atoms with van der Waals surface area (Å²) in [7, 11) is 0. The van der Waals surface area contributed by atoms with Crippen molar-refractivity contribution in [2.75, 3.05) is 12.3 Å². The van der Waals surface area contributed by atoms with E-state index < -0.39 is 6.04 Å². The first kappa shape index (κ1) is 28.0. The third-order valence-corrected chi connectivity index (χ3v) is 7.35. The third kappa shape index (κ3) is 9.14. The van der Waals surface area contributed by atoms with Gasteiger partial charge in [0.15, 0.2) is 0 Å². The van der Waals surface area contributed by atoms with Gasteiger partial charge in [-0.2, -0.15) is 0 Å². The maximum absolute atomic E-state index is 13.6. The van der Waals surface area contributed by atoms with Crippen LogP contribution in [0.1, 0.15) is 36.1 Å². The van der Waals surface area contributed by atoms with Crippen molar-refractivity contribution in [3.8, 4) is 0 Å². The fourth-order valence-electron chi connectivity index (χ4n) is 3.79. The highest BCUT2D eigenvalue weighted by Crippen LogP contribution is 2.20. The van der Waals surface area contributed by atoms with Crippen LogP contribution < -0.4 is 5.32 Å². The SMILES string of the molecule is Cc1ccc(CSCC(=O)N(Cc2ccc(Br)cc2)[C@H](Cc2ccccc2)C(=O)NCC(C)C)cc1. The van der Waals surface area contributed by atoms with Crippen LogP contribution in [0.25, 0.3) is 0 Å². The lowest BCUT2D eigenvalue weighted by molar-refractivity contribution is -0.139. The number of aryl methyl sites for hydroxylation is 1. The van der Waals surface area contributed by atoms with Gasteiger partial charge in [0, 0.05) is 29.7 Å². The number of hydrogen-bond donors (Lipinski definition) is 1. The molecule has 0 aliphatic rings. The van der Waals surface area contributed by atoms with Crippen molar-refractivity contribution in [3.05, 3.63) is 106 Å². The number of thioether (sulfide) groups is 1. The number of halogens is 1. The molecule has 3 aromatic rings. The van der Waals surface area contributed by atoms with Crippen molar-refractivity contribution in [2.45, 2.75) is 45.5 Å². The largest absolute Gasteiger partial charge is 0.354 e. The lowest BCUT2D eigenvalue weighted by Gasteiger charge is -2.32. The average molecular weight is 568 g/mol. The number of hydrogen-bond acceptors (Lipinski definition) is 3. The molecule has 2 amide bonds. The summed E-state index contributed by atoms with van der Waals surface area (Å²) in [5, 5.41) is 3.07. The molecule has 3 rings (SSSR count). The Bertz CT molecular complexity index is 1100. The molecule has 0 saturated carbocycles. The molecule has 0 unspecified atom stereocenters. The molecule has 0 bridgehead atoms. The molecule has 4 nitrogen and oxygen atoms in total. The van der Waals surface area contributed by atoms with Gasteiger partial charge in [-0.3, -0.25) is 9.59 Å². The van der Waals surface area contributed by atoms with Crippen LogP contribution >= 0.6 is 27.7 Å². The highest BCUT2D eigenvalue weighted by Gasteiger charge is 2.30. The van der Waals surface area contributed by atoms with Gasteiger partial charge in [-0.25, -0.2) is 0 Å². The molecule has 0 aliphatic carbocycles. The van der Waals surface area contributed by atoms with Crippen molar-refractivity contribution < 1.29 is 9.59 Å². The second-order valence-corrected chi connectivity index (χ2v) is 11.4. The maximum atomic E-state index is 13.6. The highest BCUT2D eigenvalue weighted by atomic mass is 79.9. The summed E-state index contributed by atoms with van der Waals surface area (Å²) in [5.74, 6) is 1.25. The van der Waals surface area contributed by atoms with Crippen molar-refractivity contribution in [2.24, 2.45) is 5.92 Å². The summed E-state index contributed by atoms with van der Waals surface area (Å²) in [6, 6.07) is 25.6. The van der Waals surface area contributed by atoms with Crippen molar-refractivity contribution in [3.63, 3.8) is 0 Å². The first-order valence-corrected chi connectivity index (χ1v) is 14.3. The number of rotatable bonds is 12. The number of carbonyl (C=O) groups is 2. The zero-order chi connectivity index (χ0) is 25.9. The predicted octanol–water partition coefficient (Wildman–Crippen LogP) is 6.40. The molecule has 0 fully saturated rings. The van der Waals surface area contributed by atoms with Gasteiger partial charge in [-0.1, -0.05) is 102 Å². The van der Waals surface area contributed by atoms with Gasteiger partial charge in [-0.05, 0) is 41.7 Å². The topological polar surface area (TPSA) is 49.4 Å². The number of nitrogens with zero attached hydrogens (tertiary/aromatic N) is 1. The minimum atomic E-state index is -0.595. The Kier molecular flexibility index (Phi) is 11.1. The van der Waals surface area contributed by atoms with E-state index in [0.29, 0.717) is 31.2 Å². The monoisotopic (exact) mass is 566 g/mol. The quantitative estimate of drug-likeness (QED) is 0.276. The van der Waals surface area contributed by atoms with Crippen LogP contribution in [-0.4, -0.2) is 35.1 Å². The lowest BCUT2D eigenvalue weighted by atomic mass is 10.0. The number of carbonyl (C=O) groups excluding carboxylic acids is 2. The lowest BCUT2D eigenvalue weighted by Crippen LogP contribution is -2.51. The van der Waals surface area contributed by atoms with Crippen molar-refractivity contribution in [1.29, 1.82) is 0 Å². The van der Waals surface area contributed by atoms with E-state index in [-0.39, 0.29) is 11.8 Å². The normalized spacial score (nSPS) is 11.8. The van der Waals surface area contributed by atoms with Gasteiger partial charge < -0.3 is 10.2 Å². The summed E-state index contributed by atoms with van der Waals surface area (Å²) < 4.78 is 0.980. The maximum Gasteiger partial charge on any atom is 0.243 e. The highest BCUT2D eigenvalue weighted by molar-refractivity contribution is 9.10. The zero-order valence-electron chi connectivity index (χ0n) is 21.2. The van der Waals surface area contributed by atoms with E-state index in [1.807, 2.05) is 54.6 Å². The van der Waals surface area contributed by atoms with Gasteiger partial charge >= 0.3 is 0 Å². The van der Waals surface area contributed by atoms with Crippen LogP contribution in [-0.2, 0) is 28.3 Å². The Labute approximate surface area is 228 Å². The predicted molar refractivity (Wildman–Crippen MR) is 154 cm³/mol. The Balaban J connectivity index is 1.82. The van der Waals surface area contributed by atoms with Crippen LogP contribution in [0.4, 0.5) is 0 Å². The van der Waals surface area contributed by atoms with Crippen LogP contribution in [0.15, 0.2) is 83.3 Å². The smallest absolute Gasteiger partial charge is 0.243 e. The first-order valence-electron chi connectivity index (χ1n) is 12.3. The van der Waals surface area contributed by atoms with E-state index in [9.17, 15) is 9.59 Å². The molecule has 1 N–H and O–H groups in total. The van der Waals surface area contributed by atoms with E-state index >= 15 is 0 Å². The summed E-state index contributed by atoms with van der Waals surface area (Å²) >= 11 is 5.07. The number of benzene rings is 3. The number of amides is 2. The zero-order valence-corrected chi connectivity index (χ0v) is 23.6. The van der Waals surface area contributed by atoms with Gasteiger partial charge in [0.25, 0.3) is 0 Å². The average Bonchev–Trinajstić information content (AvgIpc) is 2.87. The second-order valence-electron chi connectivity index (χ2n) is 9.47. The van der Waals surface area contributed by atoms with Crippen LogP contribution in [0.5, 0.6) is 0 Å². The Morgan fingerprint density at radius 2 is 1.53 bits per heavy atom. The van der Waals surface area contributed by atoms with Crippen molar-refractivity contribution in [1.82, 2.24) is 10.2 Å². The summed E-state index contributed by atoms with van der Waals surface area (Å²) in [4.78, 5) is 28.9. The second kappa shape index (κ2) is 14.2. The molecule has 0 radical (unpaired) electrons. The van der Waals surface area contributed by atoms with Gasteiger partial charge in [0.2, 0.25) is 11.8 Å². The number of nitrogens with one attached hydrogen (secondary N) is 1. The van der Waals surface area contributed by atoms with Crippen LogP contribution in [0.2, 0.25) is 0 Å². The first-order chi connectivity index (χ1) is 17.3. The Morgan fingerprint density at radius 1 is 0.889 bits per heavy atom. The molecule has 190 valence electrons. The van der Waals surface area contributed by atoms with Crippen LogP contribution in [0, 0.1) is 12.8 Å². The third-order valence-electron chi connectivity index (χ3n) is 5.84. The fraction of sp³-hybridized carbons (Fsp3) is 0.333. The minimum absolute atomic E-state index is 0.0318. The van der Waals surface area contributed by atoms with E-state index in [1.165, 1.54) is 11.1 Å². The van der Waals surface area contributed by atoms with Gasteiger partial charge in [0.05, 0.1) is 5.75 Å². The molecular weight excluding hydrogens is 532 g/mol. The molecular formula is C30H35BrN2O2S. The van der Waals surface area contributed by atoms with E-state index in [4.69, 9.17) is 0 Å². The van der Waals surface area contributed by atoms with Gasteiger partial charge in [-0.15, -0.1) is 11.8 Å². The summed E-state index contributed by atoms with van der Waals surface area (Å²) in [5.41, 5.74) is 4.43. The fourth-order valence-corrected chi connectivity index (χ4v) is 4.92. The van der Waals surface area contributed by atoms with E-state index in [2.05, 4.69) is 66.3 Å². The molecule has 0 aliphatic heterocycles. The summed E-state index contributed by atoms with van der Waals surface area (Å²) in [6.45, 7) is 7.16. The Hall–Kier alpha value is -2.57. The van der Waals surface area contributed by atoms with E-state index in [0.717, 1.165) is 21.4 Å². The standard InChI is InChI=1S/C30H35BrN2O2S/c1-22(2)18-32-30(35)28(17-24-7-5-4-6-8-24)33(19-25-13-15-27(31)16-14-25)29(34)21-36-20-26-11-9-23(3)10-12-26/h4-16,22,28H,17-21H2,1-3H3,(H,32,35)/t28-/m1/s1. The minimum Gasteiger partial charge on any atom is -0.354 e. The molecule has 0 spiro atoms. The molecule has 3 aromatic carbocycles. The molecule has 1 atom stereocenters. The molecule has 0 aromatic heterocycles. The van der Waals surface area contributed by atoms with Crippen LogP contribution in [0.3, 0.4) is 0 Å². The summed E-state index contributed by atoms with van der Waals surface area (Å²) in [6.07, 6.45) is 0.468. The van der Waals surface area contributed by atoms with Gasteiger partial charge in [0.1, 0.15) is 6.04 Å². The van der Waals surface area contributed by atoms with E-state index in [1.54, 1.807) is 16.7 Å². The van der Waals surface area contributed by atoms with Crippen molar-refractivity contribution >= 4 is 39.5 Å². The molecule has 36 heavy (non-hydrogen) atoms. The Morgan fingerprint density at radius 3 is 2.17 bits per heavy atom. The molecule has 0 heterocycles.